The lowest BCUT2D eigenvalue weighted by Crippen LogP contribution is -2.32. The van der Waals surface area contributed by atoms with Gasteiger partial charge in [0, 0.05) is 31.6 Å². The maximum absolute atomic E-state index is 12.5. The third-order valence-electron chi connectivity index (χ3n) is 4.16. The molecule has 1 atom stereocenters. The molecule has 0 bridgehead atoms. The third kappa shape index (κ3) is 3.52. The predicted molar refractivity (Wildman–Crippen MR) is 94.1 cm³/mol. The number of sulfonamides is 1. The molecule has 0 radical (unpaired) electrons. The van der Waals surface area contributed by atoms with Crippen LogP contribution in [-0.2, 0) is 10.0 Å². The largest absolute Gasteiger partial charge is 0.493 e. The second kappa shape index (κ2) is 6.85. The molecule has 132 valence electrons. The average molecular weight is 360 g/mol. The van der Waals surface area contributed by atoms with Crippen LogP contribution in [0.1, 0.15) is 28.4 Å². The van der Waals surface area contributed by atoms with E-state index in [-0.39, 0.29) is 16.8 Å². The Bertz CT molecular complexity index is 876. The normalized spacial score (nSPS) is 16.8. The summed E-state index contributed by atoms with van der Waals surface area (Å²) < 4.78 is 30.9. The van der Waals surface area contributed by atoms with Crippen LogP contribution in [0.15, 0.2) is 53.4 Å². The van der Waals surface area contributed by atoms with Gasteiger partial charge < -0.3 is 10.1 Å². The summed E-state index contributed by atoms with van der Waals surface area (Å²) in [6.07, 6.45) is 0.690. The zero-order valence-electron chi connectivity index (χ0n) is 14.1. The summed E-state index contributed by atoms with van der Waals surface area (Å²) in [5, 5.41) is 2.99. The van der Waals surface area contributed by atoms with Crippen molar-refractivity contribution in [3.05, 3.63) is 59.7 Å². The maximum Gasteiger partial charge on any atom is 0.251 e. The van der Waals surface area contributed by atoms with Gasteiger partial charge in [-0.25, -0.2) is 12.7 Å². The van der Waals surface area contributed by atoms with Crippen LogP contribution in [0.4, 0.5) is 0 Å². The molecular formula is C18H20N2O4S. The number of benzene rings is 2. The number of para-hydroxylation sites is 1. The molecule has 0 unspecified atom stereocenters. The van der Waals surface area contributed by atoms with Crippen molar-refractivity contribution in [3.63, 3.8) is 0 Å². The zero-order chi connectivity index (χ0) is 18.0. The Morgan fingerprint density at radius 3 is 2.48 bits per heavy atom. The van der Waals surface area contributed by atoms with Gasteiger partial charge in [-0.1, -0.05) is 18.2 Å². The molecule has 1 heterocycles. The van der Waals surface area contributed by atoms with Gasteiger partial charge in [0.15, 0.2) is 0 Å². The fraction of sp³-hybridized carbons (Fsp3) is 0.278. The van der Waals surface area contributed by atoms with Gasteiger partial charge in [0.25, 0.3) is 5.91 Å². The second-order valence-electron chi connectivity index (χ2n) is 6.01. The van der Waals surface area contributed by atoms with Crippen LogP contribution in [0.5, 0.6) is 5.75 Å². The van der Waals surface area contributed by atoms with E-state index >= 15 is 0 Å². The first kappa shape index (κ1) is 17.4. The van der Waals surface area contributed by atoms with E-state index in [0.717, 1.165) is 15.6 Å². The average Bonchev–Trinajstić information content (AvgIpc) is 2.62. The number of hydrogen-bond donors (Lipinski definition) is 1. The molecule has 2 aromatic carbocycles. The van der Waals surface area contributed by atoms with E-state index < -0.39 is 10.0 Å². The van der Waals surface area contributed by atoms with Crippen LogP contribution in [0.3, 0.4) is 0 Å². The maximum atomic E-state index is 12.5. The summed E-state index contributed by atoms with van der Waals surface area (Å²) in [6.45, 7) is 0.544. The van der Waals surface area contributed by atoms with Crippen molar-refractivity contribution in [2.75, 3.05) is 20.7 Å². The number of ether oxygens (including phenoxy) is 1. The molecule has 3 rings (SSSR count). The van der Waals surface area contributed by atoms with Crippen molar-refractivity contribution in [2.24, 2.45) is 0 Å². The minimum Gasteiger partial charge on any atom is -0.493 e. The molecule has 0 saturated heterocycles. The van der Waals surface area contributed by atoms with Crippen LogP contribution < -0.4 is 10.1 Å². The highest BCUT2D eigenvalue weighted by molar-refractivity contribution is 7.89. The van der Waals surface area contributed by atoms with E-state index in [9.17, 15) is 13.2 Å². The van der Waals surface area contributed by atoms with E-state index in [1.54, 1.807) is 0 Å². The molecule has 1 N–H and O–H groups in total. The highest BCUT2D eigenvalue weighted by Crippen LogP contribution is 2.31. The third-order valence-corrected chi connectivity index (χ3v) is 5.99. The van der Waals surface area contributed by atoms with E-state index in [4.69, 9.17) is 4.74 Å². The number of amides is 1. The molecule has 25 heavy (non-hydrogen) atoms. The van der Waals surface area contributed by atoms with Gasteiger partial charge in [-0.05, 0) is 30.3 Å². The lowest BCUT2D eigenvalue weighted by atomic mass is 10.00. The van der Waals surface area contributed by atoms with E-state index in [1.165, 1.54) is 38.4 Å². The predicted octanol–water partition coefficient (Wildman–Crippen LogP) is 2.19. The summed E-state index contributed by atoms with van der Waals surface area (Å²) in [4.78, 5) is 12.7. The summed E-state index contributed by atoms with van der Waals surface area (Å²) >= 11 is 0. The first-order chi connectivity index (χ1) is 11.9. The van der Waals surface area contributed by atoms with Gasteiger partial charge in [0.05, 0.1) is 17.5 Å². The minimum atomic E-state index is -3.50. The second-order valence-corrected chi connectivity index (χ2v) is 8.16. The van der Waals surface area contributed by atoms with Gasteiger partial charge in [-0.15, -0.1) is 0 Å². The lowest BCUT2D eigenvalue weighted by molar-refractivity contribution is 0.0924. The van der Waals surface area contributed by atoms with Crippen LogP contribution >= 0.6 is 0 Å². The molecule has 1 aliphatic rings. The number of carbonyl (C=O) groups is 1. The smallest absolute Gasteiger partial charge is 0.251 e. The van der Waals surface area contributed by atoms with Crippen LogP contribution in [-0.4, -0.2) is 39.3 Å². The van der Waals surface area contributed by atoms with Crippen LogP contribution in [0.2, 0.25) is 0 Å². The van der Waals surface area contributed by atoms with Crippen molar-refractivity contribution in [2.45, 2.75) is 17.4 Å². The summed E-state index contributed by atoms with van der Waals surface area (Å²) in [5.41, 5.74) is 1.37. The number of nitrogens with one attached hydrogen (secondary N) is 1. The quantitative estimate of drug-likeness (QED) is 0.907. The monoisotopic (exact) mass is 360 g/mol. The Balaban J connectivity index is 1.77. The number of rotatable bonds is 4. The standard InChI is InChI=1S/C18H20N2O4S/c1-20(2)25(22,23)14-9-7-13(8-10-14)18(21)19-16-11-12-24-17-6-4-3-5-15(16)17/h3-10,16H,11-12H2,1-2H3,(H,19,21)/t16-/m0/s1. The molecule has 0 spiro atoms. The molecule has 2 aromatic rings. The minimum absolute atomic E-state index is 0.123. The summed E-state index contributed by atoms with van der Waals surface area (Å²) in [6, 6.07) is 13.4. The summed E-state index contributed by atoms with van der Waals surface area (Å²) in [7, 11) is -0.560. The molecule has 0 fully saturated rings. The number of hydrogen-bond acceptors (Lipinski definition) is 4. The Kier molecular flexibility index (Phi) is 4.78. The summed E-state index contributed by atoms with van der Waals surface area (Å²) in [5.74, 6) is 0.543. The van der Waals surface area contributed by atoms with Crippen LogP contribution in [0, 0.1) is 0 Å². The van der Waals surface area contributed by atoms with Crippen molar-refractivity contribution < 1.29 is 17.9 Å². The molecule has 1 aliphatic heterocycles. The van der Waals surface area contributed by atoms with Crippen molar-refractivity contribution in [1.29, 1.82) is 0 Å². The fourth-order valence-electron chi connectivity index (χ4n) is 2.72. The number of fused-ring (bicyclic) bond motifs is 1. The van der Waals surface area contributed by atoms with E-state index in [2.05, 4.69) is 5.32 Å². The highest BCUT2D eigenvalue weighted by atomic mass is 32.2. The fourth-order valence-corrected chi connectivity index (χ4v) is 3.62. The SMILES string of the molecule is CN(C)S(=O)(=O)c1ccc(C(=O)N[C@H]2CCOc3ccccc32)cc1. The van der Waals surface area contributed by atoms with Gasteiger partial charge in [0.1, 0.15) is 5.75 Å². The first-order valence-electron chi connectivity index (χ1n) is 7.95. The van der Waals surface area contributed by atoms with Crippen molar-refractivity contribution in [3.8, 4) is 5.75 Å². The van der Waals surface area contributed by atoms with E-state index in [1.807, 2.05) is 24.3 Å². The van der Waals surface area contributed by atoms with Gasteiger partial charge in [0.2, 0.25) is 10.0 Å². The van der Waals surface area contributed by atoms with E-state index in [0.29, 0.717) is 18.6 Å². The first-order valence-corrected chi connectivity index (χ1v) is 9.39. The lowest BCUT2D eigenvalue weighted by Gasteiger charge is -2.26. The Morgan fingerprint density at radius 1 is 1.12 bits per heavy atom. The van der Waals surface area contributed by atoms with Crippen molar-refractivity contribution in [1.82, 2.24) is 9.62 Å². The van der Waals surface area contributed by atoms with Gasteiger partial charge in [-0.3, -0.25) is 4.79 Å². The Hall–Kier alpha value is -2.38. The molecule has 0 aromatic heterocycles. The van der Waals surface area contributed by atoms with Gasteiger partial charge in [-0.2, -0.15) is 0 Å². The molecular weight excluding hydrogens is 340 g/mol. The molecule has 1 amide bonds. The number of nitrogens with zero attached hydrogens (tertiary/aromatic N) is 1. The Labute approximate surface area is 147 Å². The van der Waals surface area contributed by atoms with Crippen LogP contribution in [0.25, 0.3) is 0 Å². The van der Waals surface area contributed by atoms with Crippen molar-refractivity contribution >= 4 is 15.9 Å². The molecule has 0 aliphatic carbocycles. The molecule has 0 saturated carbocycles. The zero-order valence-corrected chi connectivity index (χ0v) is 14.9. The highest BCUT2D eigenvalue weighted by Gasteiger charge is 2.23. The molecule has 7 heteroatoms. The molecule has 6 nitrogen and oxygen atoms in total. The topological polar surface area (TPSA) is 75.7 Å². The number of carbonyl (C=O) groups excluding carboxylic acids is 1. The van der Waals surface area contributed by atoms with Gasteiger partial charge >= 0.3 is 0 Å². The Morgan fingerprint density at radius 2 is 1.80 bits per heavy atom.